The summed E-state index contributed by atoms with van der Waals surface area (Å²) in [5, 5.41) is 0.107. The van der Waals surface area contributed by atoms with Gasteiger partial charge in [0.1, 0.15) is 5.82 Å². The third kappa shape index (κ3) is 2.56. The van der Waals surface area contributed by atoms with Gasteiger partial charge < -0.3 is 0 Å². The Bertz CT molecular complexity index is 562. The van der Waals surface area contributed by atoms with Gasteiger partial charge in [0.25, 0.3) is 0 Å². The molecule has 0 N–H and O–H groups in total. The molecule has 88 valence electrons. The molecule has 2 aromatic rings. The van der Waals surface area contributed by atoms with Gasteiger partial charge in [0, 0.05) is 11.3 Å². The Morgan fingerprint density at radius 2 is 2.12 bits per heavy atom. The van der Waals surface area contributed by atoms with Crippen molar-refractivity contribution in [2.24, 2.45) is 0 Å². The Kier molecular flexibility index (Phi) is 3.60. The Labute approximate surface area is 108 Å². The summed E-state index contributed by atoms with van der Waals surface area (Å²) in [7, 11) is 0. The van der Waals surface area contributed by atoms with Gasteiger partial charge in [-0.25, -0.2) is 4.39 Å². The number of ketones is 1. The zero-order valence-electron chi connectivity index (χ0n) is 9.17. The lowest BCUT2D eigenvalue weighted by atomic mass is 10.2. The maximum absolute atomic E-state index is 13.3. The molecular weight excluding hydrogens is 259 g/mol. The van der Waals surface area contributed by atoms with Crippen LogP contribution >= 0.6 is 22.9 Å². The number of benzene rings is 1. The number of hydrogen-bond acceptors (Lipinski definition) is 2. The summed E-state index contributed by atoms with van der Waals surface area (Å²) in [6.45, 7) is 1.82. The van der Waals surface area contributed by atoms with Crippen LogP contribution in [0.2, 0.25) is 5.02 Å². The second-order valence-electron chi connectivity index (χ2n) is 3.57. The normalized spacial score (nSPS) is 10.5. The maximum atomic E-state index is 13.3. The van der Waals surface area contributed by atoms with E-state index in [4.69, 9.17) is 11.6 Å². The third-order valence-corrected chi connectivity index (χ3v) is 3.89. The van der Waals surface area contributed by atoms with Crippen LogP contribution in [0.1, 0.15) is 23.0 Å². The van der Waals surface area contributed by atoms with Crippen molar-refractivity contribution < 1.29 is 9.18 Å². The van der Waals surface area contributed by atoms with Gasteiger partial charge in [-0.15, -0.1) is 11.3 Å². The van der Waals surface area contributed by atoms with E-state index in [0.29, 0.717) is 11.3 Å². The molecular formula is C13H10ClFOS. The predicted molar refractivity (Wildman–Crippen MR) is 69.3 cm³/mol. The lowest BCUT2D eigenvalue weighted by Crippen LogP contribution is -1.90. The van der Waals surface area contributed by atoms with Gasteiger partial charge >= 0.3 is 0 Å². The van der Waals surface area contributed by atoms with Gasteiger partial charge in [-0.1, -0.05) is 24.6 Å². The van der Waals surface area contributed by atoms with Crippen LogP contribution in [-0.2, 0) is 0 Å². The average molecular weight is 269 g/mol. The van der Waals surface area contributed by atoms with E-state index in [2.05, 4.69) is 0 Å². The highest BCUT2D eigenvalue weighted by Gasteiger charge is 2.09. The van der Waals surface area contributed by atoms with Crippen LogP contribution < -0.4 is 0 Å². The highest BCUT2D eigenvalue weighted by atomic mass is 35.5. The van der Waals surface area contributed by atoms with Gasteiger partial charge in [-0.05, 0) is 29.8 Å². The Balaban J connectivity index is 2.37. The fourth-order valence-electron chi connectivity index (χ4n) is 1.47. The Morgan fingerprint density at radius 3 is 2.76 bits per heavy atom. The quantitative estimate of drug-likeness (QED) is 0.731. The standard InChI is InChI=1S/C13H10ClFOS/c1-2-11(16)13-6-5-12(17-13)8-3-4-9(14)10(15)7-8/h3-7H,2H2,1H3. The maximum Gasteiger partial charge on any atom is 0.172 e. The molecule has 0 amide bonds. The fraction of sp³-hybridized carbons (Fsp3) is 0.154. The van der Waals surface area contributed by atoms with Crippen molar-refractivity contribution in [3.8, 4) is 10.4 Å². The monoisotopic (exact) mass is 268 g/mol. The molecule has 0 aliphatic heterocycles. The molecule has 0 spiro atoms. The molecule has 0 radical (unpaired) electrons. The van der Waals surface area contributed by atoms with Gasteiger partial charge in [0.15, 0.2) is 5.78 Å². The molecule has 0 bridgehead atoms. The average Bonchev–Trinajstić information content (AvgIpc) is 2.81. The van der Waals surface area contributed by atoms with Gasteiger partial charge in [-0.2, -0.15) is 0 Å². The first-order chi connectivity index (χ1) is 8.11. The van der Waals surface area contributed by atoms with Crippen LogP contribution in [-0.4, -0.2) is 5.78 Å². The third-order valence-electron chi connectivity index (χ3n) is 2.41. The number of thiophene rings is 1. The van der Waals surface area contributed by atoms with E-state index in [9.17, 15) is 9.18 Å². The van der Waals surface area contributed by atoms with Gasteiger partial charge in [-0.3, -0.25) is 4.79 Å². The summed E-state index contributed by atoms with van der Waals surface area (Å²) in [6.07, 6.45) is 0.481. The first-order valence-corrected chi connectivity index (χ1v) is 6.39. The van der Waals surface area contributed by atoms with E-state index in [1.165, 1.54) is 23.5 Å². The molecule has 0 aliphatic carbocycles. The van der Waals surface area contributed by atoms with E-state index in [1.54, 1.807) is 12.1 Å². The highest BCUT2D eigenvalue weighted by molar-refractivity contribution is 7.17. The molecule has 1 heterocycles. The second kappa shape index (κ2) is 4.98. The number of hydrogen-bond donors (Lipinski definition) is 0. The fourth-order valence-corrected chi connectivity index (χ4v) is 2.60. The van der Waals surface area contributed by atoms with E-state index < -0.39 is 5.82 Å². The van der Waals surface area contributed by atoms with Crippen molar-refractivity contribution >= 4 is 28.7 Å². The summed E-state index contributed by atoms with van der Waals surface area (Å²) in [5.41, 5.74) is 0.743. The lowest BCUT2D eigenvalue weighted by molar-refractivity contribution is 0.0992. The molecule has 1 aromatic heterocycles. The minimum atomic E-state index is -0.444. The van der Waals surface area contributed by atoms with Crippen molar-refractivity contribution in [3.05, 3.63) is 46.0 Å². The second-order valence-corrected chi connectivity index (χ2v) is 5.06. The largest absolute Gasteiger partial charge is 0.293 e. The minimum absolute atomic E-state index is 0.107. The van der Waals surface area contributed by atoms with Crippen LogP contribution in [0.15, 0.2) is 30.3 Å². The van der Waals surface area contributed by atoms with Crippen molar-refractivity contribution in [1.82, 2.24) is 0 Å². The highest BCUT2D eigenvalue weighted by Crippen LogP contribution is 2.30. The number of carbonyl (C=O) groups excluding carboxylic acids is 1. The Hall–Kier alpha value is -1.19. The van der Waals surface area contributed by atoms with Crippen molar-refractivity contribution in [2.45, 2.75) is 13.3 Å². The van der Waals surface area contributed by atoms with Crippen molar-refractivity contribution in [1.29, 1.82) is 0 Å². The van der Waals surface area contributed by atoms with Crippen molar-refractivity contribution in [3.63, 3.8) is 0 Å². The van der Waals surface area contributed by atoms with E-state index in [0.717, 1.165) is 10.4 Å². The number of carbonyl (C=O) groups is 1. The number of Topliss-reactive ketones (excluding diaryl/α,β-unsaturated/α-hetero) is 1. The SMILES string of the molecule is CCC(=O)c1ccc(-c2ccc(Cl)c(F)c2)s1. The molecule has 0 saturated carbocycles. The minimum Gasteiger partial charge on any atom is -0.293 e. The topological polar surface area (TPSA) is 17.1 Å². The number of rotatable bonds is 3. The molecule has 1 nitrogen and oxygen atoms in total. The molecule has 0 unspecified atom stereocenters. The van der Waals surface area contributed by atoms with Crippen LogP contribution in [0.4, 0.5) is 4.39 Å². The zero-order chi connectivity index (χ0) is 12.4. The summed E-state index contributed by atoms with van der Waals surface area (Å²) >= 11 is 6.99. The number of halogens is 2. The molecule has 0 atom stereocenters. The van der Waals surface area contributed by atoms with E-state index in [-0.39, 0.29) is 10.8 Å². The van der Waals surface area contributed by atoms with Crippen LogP contribution in [0.3, 0.4) is 0 Å². The zero-order valence-corrected chi connectivity index (χ0v) is 10.7. The first kappa shape index (κ1) is 12.3. The molecule has 17 heavy (non-hydrogen) atoms. The summed E-state index contributed by atoms with van der Waals surface area (Å²) in [4.78, 5) is 13.1. The Morgan fingerprint density at radius 1 is 1.35 bits per heavy atom. The van der Waals surface area contributed by atoms with E-state index in [1.807, 2.05) is 13.0 Å². The van der Waals surface area contributed by atoms with Crippen molar-refractivity contribution in [2.75, 3.05) is 0 Å². The van der Waals surface area contributed by atoms with Crippen LogP contribution in [0.25, 0.3) is 10.4 Å². The van der Waals surface area contributed by atoms with Gasteiger partial charge in [0.2, 0.25) is 0 Å². The molecule has 0 saturated heterocycles. The first-order valence-electron chi connectivity index (χ1n) is 5.20. The molecule has 0 fully saturated rings. The van der Waals surface area contributed by atoms with Crippen LogP contribution in [0, 0.1) is 5.82 Å². The molecule has 2 rings (SSSR count). The molecule has 0 aliphatic rings. The van der Waals surface area contributed by atoms with Crippen LogP contribution in [0.5, 0.6) is 0 Å². The lowest BCUT2D eigenvalue weighted by Gasteiger charge is -1.99. The van der Waals surface area contributed by atoms with Gasteiger partial charge in [0.05, 0.1) is 9.90 Å². The summed E-state index contributed by atoms with van der Waals surface area (Å²) < 4.78 is 13.3. The smallest absolute Gasteiger partial charge is 0.172 e. The molecule has 1 aromatic carbocycles. The van der Waals surface area contributed by atoms with E-state index >= 15 is 0 Å². The predicted octanol–water partition coefficient (Wildman–Crippen LogP) is 4.80. The molecule has 4 heteroatoms. The summed E-state index contributed by atoms with van der Waals surface area (Å²) in [6, 6.07) is 8.26. The summed E-state index contributed by atoms with van der Waals surface area (Å²) in [5.74, 6) is -0.336.